The molecule has 1 amide bonds. The number of guanidine groups is 1. The van der Waals surface area contributed by atoms with Gasteiger partial charge in [0, 0.05) is 51.9 Å². The number of aliphatic imine (C=N–C) groups is 1. The molecule has 0 spiro atoms. The SMILES string of the molecule is NC(=NCCC(=O)N1CCN(c2ccccn2)CC1)N1CCOCC1. The van der Waals surface area contributed by atoms with E-state index in [1.165, 1.54) is 0 Å². The highest BCUT2D eigenvalue weighted by Gasteiger charge is 2.21. The minimum atomic E-state index is 0.138. The highest BCUT2D eigenvalue weighted by Crippen LogP contribution is 2.13. The van der Waals surface area contributed by atoms with Crippen LogP contribution in [-0.4, -0.2) is 85.7 Å². The third-order valence-corrected chi connectivity index (χ3v) is 4.54. The van der Waals surface area contributed by atoms with Crippen LogP contribution < -0.4 is 10.6 Å². The molecule has 1 aromatic rings. The van der Waals surface area contributed by atoms with E-state index in [2.05, 4.69) is 14.9 Å². The first kappa shape index (κ1) is 17.5. The molecule has 0 bridgehead atoms. The Labute approximate surface area is 148 Å². The lowest BCUT2D eigenvalue weighted by Gasteiger charge is -2.35. The molecule has 3 heterocycles. The Balaban J connectivity index is 1.40. The number of hydrogen-bond acceptors (Lipinski definition) is 5. The standard InChI is InChI=1S/C17H26N6O2/c18-17(23-11-13-25-14-12-23)20-6-4-16(24)22-9-7-21(8-10-22)15-3-1-2-5-19-15/h1-3,5H,4,6-14H2,(H2,18,20). The summed E-state index contributed by atoms with van der Waals surface area (Å²) in [7, 11) is 0. The molecular weight excluding hydrogens is 320 g/mol. The molecule has 0 aliphatic carbocycles. The summed E-state index contributed by atoms with van der Waals surface area (Å²) in [4.78, 5) is 27.2. The number of carbonyl (C=O) groups excluding carboxylic acids is 1. The summed E-state index contributed by atoms with van der Waals surface area (Å²) in [5, 5.41) is 0. The van der Waals surface area contributed by atoms with E-state index < -0.39 is 0 Å². The second-order valence-corrected chi connectivity index (χ2v) is 6.15. The average Bonchev–Trinajstić information content (AvgIpc) is 2.69. The van der Waals surface area contributed by atoms with Crippen LogP contribution in [0.2, 0.25) is 0 Å². The van der Waals surface area contributed by atoms with Crippen molar-refractivity contribution in [2.24, 2.45) is 10.7 Å². The van der Waals surface area contributed by atoms with Gasteiger partial charge in [0.05, 0.1) is 19.8 Å². The lowest BCUT2D eigenvalue weighted by Crippen LogP contribution is -2.49. The van der Waals surface area contributed by atoms with Crippen LogP contribution in [0.15, 0.2) is 29.4 Å². The van der Waals surface area contributed by atoms with Crippen molar-refractivity contribution in [2.75, 3.05) is 63.9 Å². The van der Waals surface area contributed by atoms with Crippen molar-refractivity contribution < 1.29 is 9.53 Å². The summed E-state index contributed by atoms with van der Waals surface area (Å²) < 4.78 is 5.29. The second-order valence-electron chi connectivity index (χ2n) is 6.15. The van der Waals surface area contributed by atoms with Gasteiger partial charge >= 0.3 is 0 Å². The number of nitrogens with zero attached hydrogens (tertiary/aromatic N) is 5. The number of aromatic nitrogens is 1. The minimum absolute atomic E-state index is 0.138. The van der Waals surface area contributed by atoms with Crippen LogP contribution in [0.5, 0.6) is 0 Å². The number of morpholine rings is 1. The summed E-state index contributed by atoms with van der Waals surface area (Å²) in [5.74, 6) is 1.62. The number of anilines is 1. The normalized spacial score (nSPS) is 19.2. The molecule has 0 radical (unpaired) electrons. The van der Waals surface area contributed by atoms with Crippen LogP contribution >= 0.6 is 0 Å². The van der Waals surface area contributed by atoms with Crippen molar-refractivity contribution in [1.82, 2.24) is 14.8 Å². The molecule has 0 saturated carbocycles. The van der Waals surface area contributed by atoms with Gasteiger partial charge in [0.1, 0.15) is 5.82 Å². The lowest BCUT2D eigenvalue weighted by molar-refractivity contribution is -0.131. The van der Waals surface area contributed by atoms with Crippen molar-refractivity contribution in [3.63, 3.8) is 0 Å². The molecule has 25 heavy (non-hydrogen) atoms. The Morgan fingerprint density at radius 3 is 2.56 bits per heavy atom. The summed E-state index contributed by atoms with van der Waals surface area (Å²) in [6.07, 6.45) is 2.19. The van der Waals surface area contributed by atoms with E-state index in [4.69, 9.17) is 10.5 Å². The Morgan fingerprint density at radius 1 is 1.12 bits per heavy atom. The molecule has 2 aliphatic rings. The predicted octanol–water partition coefficient (Wildman–Crippen LogP) is -0.233. The number of rotatable bonds is 4. The molecule has 8 heteroatoms. The largest absolute Gasteiger partial charge is 0.378 e. The highest BCUT2D eigenvalue weighted by atomic mass is 16.5. The fourth-order valence-electron chi connectivity index (χ4n) is 3.04. The molecule has 3 rings (SSSR count). The topological polar surface area (TPSA) is 87.3 Å². The van der Waals surface area contributed by atoms with Gasteiger partial charge in [0.25, 0.3) is 0 Å². The maximum absolute atomic E-state index is 12.3. The monoisotopic (exact) mass is 346 g/mol. The molecule has 0 unspecified atom stereocenters. The minimum Gasteiger partial charge on any atom is -0.378 e. The van der Waals surface area contributed by atoms with Crippen molar-refractivity contribution in [3.05, 3.63) is 24.4 Å². The number of nitrogens with two attached hydrogens (primary N) is 1. The van der Waals surface area contributed by atoms with Gasteiger partial charge in [0.2, 0.25) is 5.91 Å². The van der Waals surface area contributed by atoms with E-state index in [9.17, 15) is 4.79 Å². The van der Waals surface area contributed by atoms with Gasteiger partial charge in [0.15, 0.2) is 5.96 Å². The van der Waals surface area contributed by atoms with Gasteiger partial charge in [-0.2, -0.15) is 0 Å². The Bertz CT molecular complexity index is 580. The van der Waals surface area contributed by atoms with Crippen molar-refractivity contribution in [2.45, 2.75) is 6.42 Å². The zero-order chi connectivity index (χ0) is 17.5. The first-order chi connectivity index (χ1) is 12.2. The smallest absolute Gasteiger partial charge is 0.224 e. The van der Waals surface area contributed by atoms with Crippen molar-refractivity contribution >= 4 is 17.7 Å². The molecule has 0 atom stereocenters. The maximum Gasteiger partial charge on any atom is 0.224 e. The van der Waals surface area contributed by atoms with Crippen LogP contribution in [0.3, 0.4) is 0 Å². The summed E-state index contributed by atoms with van der Waals surface area (Å²) in [5.41, 5.74) is 5.98. The molecule has 8 nitrogen and oxygen atoms in total. The van der Waals surface area contributed by atoms with Gasteiger partial charge < -0.3 is 25.2 Å². The van der Waals surface area contributed by atoms with Crippen molar-refractivity contribution in [3.8, 4) is 0 Å². The number of hydrogen-bond donors (Lipinski definition) is 1. The number of amides is 1. The maximum atomic E-state index is 12.3. The number of carbonyl (C=O) groups is 1. The molecule has 2 saturated heterocycles. The number of ether oxygens (including phenoxy) is 1. The van der Waals surface area contributed by atoms with Gasteiger partial charge in [-0.15, -0.1) is 0 Å². The molecule has 0 aromatic carbocycles. The summed E-state index contributed by atoms with van der Waals surface area (Å²) in [6.45, 7) is 6.37. The fourth-order valence-corrected chi connectivity index (χ4v) is 3.04. The van der Waals surface area contributed by atoms with E-state index in [1.54, 1.807) is 6.20 Å². The van der Waals surface area contributed by atoms with Gasteiger partial charge in [-0.05, 0) is 12.1 Å². The van der Waals surface area contributed by atoms with E-state index in [1.807, 2.05) is 28.0 Å². The zero-order valence-electron chi connectivity index (χ0n) is 14.5. The van der Waals surface area contributed by atoms with Crippen LogP contribution in [-0.2, 0) is 9.53 Å². The van der Waals surface area contributed by atoms with Gasteiger partial charge in [-0.3, -0.25) is 9.79 Å². The summed E-state index contributed by atoms with van der Waals surface area (Å²) >= 11 is 0. The van der Waals surface area contributed by atoms with Gasteiger partial charge in [-0.1, -0.05) is 6.07 Å². The van der Waals surface area contributed by atoms with Crippen LogP contribution in [0, 0.1) is 0 Å². The van der Waals surface area contributed by atoms with Crippen LogP contribution in [0.25, 0.3) is 0 Å². The number of piperazine rings is 1. The van der Waals surface area contributed by atoms with Gasteiger partial charge in [-0.25, -0.2) is 4.98 Å². The van der Waals surface area contributed by atoms with Crippen LogP contribution in [0.1, 0.15) is 6.42 Å². The first-order valence-corrected chi connectivity index (χ1v) is 8.80. The molecule has 2 aliphatic heterocycles. The zero-order valence-corrected chi connectivity index (χ0v) is 14.5. The van der Waals surface area contributed by atoms with E-state index >= 15 is 0 Å². The third-order valence-electron chi connectivity index (χ3n) is 4.54. The Kier molecular flexibility index (Phi) is 6.05. The lowest BCUT2D eigenvalue weighted by atomic mass is 10.2. The third kappa shape index (κ3) is 4.82. The van der Waals surface area contributed by atoms with E-state index in [0.717, 1.165) is 45.1 Å². The molecule has 2 N–H and O–H groups in total. The average molecular weight is 346 g/mol. The Hall–Kier alpha value is -2.35. The molecule has 1 aromatic heterocycles. The fraction of sp³-hybridized carbons (Fsp3) is 0.588. The Morgan fingerprint density at radius 2 is 1.88 bits per heavy atom. The quantitative estimate of drug-likeness (QED) is 0.598. The van der Waals surface area contributed by atoms with E-state index in [0.29, 0.717) is 32.1 Å². The number of pyridine rings is 1. The first-order valence-electron chi connectivity index (χ1n) is 8.80. The predicted molar refractivity (Wildman–Crippen MR) is 96.5 cm³/mol. The highest BCUT2D eigenvalue weighted by molar-refractivity contribution is 5.79. The van der Waals surface area contributed by atoms with Crippen LogP contribution in [0.4, 0.5) is 5.82 Å². The van der Waals surface area contributed by atoms with E-state index in [-0.39, 0.29) is 5.91 Å². The molecular formula is C17H26N6O2. The summed E-state index contributed by atoms with van der Waals surface area (Å²) in [6, 6.07) is 5.89. The molecule has 136 valence electrons. The molecule has 2 fully saturated rings. The van der Waals surface area contributed by atoms with Crippen molar-refractivity contribution in [1.29, 1.82) is 0 Å². The second kappa shape index (κ2) is 8.66.